The average Bonchev–Trinajstić information content (AvgIpc) is 2.55. The van der Waals surface area contributed by atoms with Gasteiger partial charge in [-0.3, -0.25) is 14.9 Å². The molecule has 1 N–H and O–H groups in total. The highest BCUT2D eigenvalue weighted by molar-refractivity contribution is 5.97. The summed E-state index contributed by atoms with van der Waals surface area (Å²) in [5.41, 5.74) is -0.0633. The number of benzene rings is 1. The summed E-state index contributed by atoms with van der Waals surface area (Å²) in [7, 11) is 0. The topological polar surface area (TPSA) is 98.5 Å². The zero-order valence-electron chi connectivity index (χ0n) is 14.3. The summed E-state index contributed by atoms with van der Waals surface area (Å²) in [6, 6.07) is 3.82. The van der Waals surface area contributed by atoms with Gasteiger partial charge < -0.3 is 10.1 Å². The molecule has 0 aliphatic carbocycles. The van der Waals surface area contributed by atoms with Gasteiger partial charge in [-0.25, -0.2) is 4.79 Å². The van der Waals surface area contributed by atoms with Crippen LogP contribution in [0.15, 0.2) is 18.2 Å². The number of nitro benzene ring substituents is 1. The Kier molecular flexibility index (Phi) is 7.88. The first-order valence-electron chi connectivity index (χ1n) is 8.20. The van der Waals surface area contributed by atoms with Crippen LogP contribution in [0.1, 0.15) is 56.8 Å². The van der Waals surface area contributed by atoms with Crippen molar-refractivity contribution in [3.05, 3.63) is 33.9 Å². The largest absolute Gasteiger partial charge is 0.462 e. The number of nitrogens with one attached hydrogen (secondary N) is 1. The number of ether oxygens (including phenoxy) is 1. The molecule has 0 aliphatic heterocycles. The van der Waals surface area contributed by atoms with Crippen LogP contribution >= 0.6 is 0 Å². The quantitative estimate of drug-likeness (QED) is 0.418. The number of amides is 1. The van der Waals surface area contributed by atoms with Crippen LogP contribution in [-0.2, 0) is 9.53 Å². The molecule has 7 nitrogen and oxygen atoms in total. The predicted molar refractivity (Wildman–Crippen MR) is 91.0 cm³/mol. The smallest absolute Gasteiger partial charge is 0.338 e. The Morgan fingerprint density at radius 3 is 2.54 bits per heavy atom. The molecule has 1 amide bonds. The Balaban J connectivity index is 3.05. The lowest BCUT2D eigenvalue weighted by molar-refractivity contribution is -0.383. The highest BCUT2D eigenvalue weighted by Crippen LogP contribution is 2.27. The molecule has 1 unspecified atom stereocenters. The van der Waals surface area contributed by atoms with E-state index < -0.39 is 10.9 Å². The van der Waals surface area contributed by atoms with Crippen LogP contribution in [0.2, 0.25) is 0 Å². The maximum Gasteiger partial charge on any atom is 0.338 e. The van der Waals surface area contributed by atoms with E-state index in [1.54, 1.807) is 6.92 Å². The SMILES string of the molecule is CCCCC(CC)C(=O)Nc1cc(C(=O)OCC)ccc1[N+](=O)[O-]. The first kappa shape index (κ1) is 19.6. The molecule has 0 bridgehead atoms. The second-order valence-electron chi connectivity index (χ2n) is 5.45. The van der Waals surface area contributed by atoms with Gasteiger partial charge in [0.1, 0.15) is 5.69 Å². The molecule has 1 atom stereocenters. The average molecular weight is 336 g/mol. The molecule has 7 heteroatoms. The second kappa shape index (κ2) is 9.64. The van der Waals surface area contributed by atoms with E-state index in [0.717, 1.165) is 19.3 Å². The molecular weight excluding hydrogens is 312 g/mol. The normalized spacial score (nSPS) is 11.6. The Morgan fingerprint density at radius 2 is 2.00 bits per heavy atom. The van der Waals surface area contributed by atoms with Gasteiger partial charge in [0.25, 0.3) is 5.69 Å². The fourth-order valence-corrected chi connectivity index (χ4v) is 2.34. The summed E-state index contributed by atoms with van der Waals surface area (Å²) in [5.74, 6) is -1.06. The Labute approximate surface area is 141 Å². The Bertz CT molecular complexity index is 601. The predicted octanol–water partition coefficient (Wildman–Crippen LogP) is 3.93. The summed E-state index contributed by atoms with van der Waals surface area (Å²) in [6.45, 7) is 5.82. The van der Waals surface area contributed by atoms with E-state index in [1.807, 2.05) is 13.8 Å². The molecule has 1 aromatic carbocycles. The molecule has 1 rings (SSSR count). The van der Waals surface area contributed by atoms with Crippen LogP contribution in [0.4, 0.5) is 11.4 Å². The summed E-state index contributed by atoms with van der Waals surface area (Å²) in [5, 5.41) is 13.8. The number of hydrogen-bond acceptors (Lipinski definition) is 5. The first-order valence-corrected chi connectivity index (χ1v) is 8.20. The monoisotopic (exact) mass is 336 g/mol. The summed E-state index contributed by atoms with van der Waals surface area (Å²) in [6.07, 6.45) is 3.26. The second-order valence-corrected chi connectivity index (χ2v) is 5.45. The van der Waals surface area contributed by atoms with E-state index >= 15 is 0 Å². The fourth-order valence-electron chi connectivity index (χ4n) is 2.34. The molecule has 132 valence electrons. The van der Waals surface area contributed by atoms with Gasteiger partial charge in [0.05, 0.1) is 17.1 Å². The van der Waals surface area contributed by atoms with Crippen molar-refractivity contribution in [2.75, 3.05) is 11.9 Å². The highest BCUT2D eigenvalue weighted by atomic mass is 16.6. The van der Waals surface area contributed by atoms with E-state index in [0.29, 0.717) is 6.42 Å². The third-order valence-corrected chi connectivity index (χ3v) is 3.73. The molecular formula is C17H24N2O5. The maximum atomic E-state index is 12.4. The van der Waals surface area contributed by atoms with Gasteiger partial charge in [0.15, 0.2) is 0 Å². The van der Waals surface area contributed by atoms with Crippen LogP contribution in [0, 0.1) is 16.0 Å². The first-order chi connectivity index (χ1) is 11.4. The maximum absolute atomic E-state index is 12.4. The van der Waals surface area contributed by atoms with Crippen molar-refractivity contribution in [1.82, 2.24) is 0 Å². The van der Waals surface area contributed by atoms with Crippen LogP contribution in [0.5, 0.6) is 0 Å². The van der Waals surface area contributed by atoms with Crippen molar-refractivity contribution in [1.29, 1.82) is 0 Å². The zero-order valence-corrected chi connectivity index (χ0v) is 14.3. The van der Waals surface area contributed by atoms with Gasteiger partial charge >= 0.3 is 5.97 Å². The number of esters is 1. The lowest BCUT2D eigenvalue weighted by Gasteiger charge is -2.15. The van der Waals surface area contributed by atoms with Crippen LogP contribution in [-0.4, -0.2) is 23.4 Å². The van der Waals surface area contributed by atoms with Crippen molar-refractivity contribution in [2.45, 2.75) is 46.5 Å². The number of carbonyl (C=O) groups is 2. The highest BCUT2D eigenvalue weighted by Gasteiger charge is 2.22. The minimum atomic E-state index is -0.586. The lowest BCUT2D eigenvalue weighted by Crippen LogP contribution is -2.23. The van der Waals surface area contributed by atoms with Gasteiger partial charge in [-0.1, -0.05) is 26.7 Å². The fraction of sp³-hybridized carbons (Fsp3) is 0.529. The molecule has 24 heavy (non-hydrogen) atoms. The molecule has 0 aromatic heterocycles. The zero-order chi connectivity index (χ0) is 18.1. The van der Waals surface area contributed by atoms with Gasteiger partial charge in [-0.05, 0) is 31.9 Å². The number of rotatable bonds is 9. The standard InChI is InChI=1S/C17H24N2O5/c1-4-7-8-12(5-2)16(20)18-14-11-13(17(21)24-6-3)9-10-15(14)19(22)23/h9-12H,4-8H2,1-3H3,(H,18,20). The minimum absolute atomic E-state index is 0.0190. The van der Waals surface area contributed by atoms with Crippen molar-refractivity contribution >= 4 is 23.3 Å². The number of hydrogen-bond donors (Lipinski definition) is 1. The van der Waals surface area contributed by atoms with Gasteiger partial charge in [-0.2, -0.15) is 0 Å². The molecule has 1 aromatic rings. The van der Waals surface area contributed by atoms with E-state index in [4.69, 9.17) is 4.74 Å². The molecule has 0 aliphatic rings. The number of carbonyl (C=O) groups excluding carboxylic acids is 2. The molecule has 0 saturated heterocycles. The van der Waals surface area contributed by atoms with Crippen LogP contribution in [0.3, 0.4) is 0 Å². The number of nitrogens with zero attached hydrogens (tertiary/aromatic N) is 1. The molecule has 0 heterocycles. The number of unbranched alkanes of at least 4 members (excludes halogenated alkanes) is 1. The number of anilines is 1. The molecule has 0 fully saturated rings. The Morgan fingerprint density at radius 1 is 1.29 bits per heavy atom. The minimum Gasteiger partial charge on any atom is -0.462 e. The number of nitro groups is 1. The third kappa shape index (κ3) is 5.33. The van der Waals surface area contributed by atoms with Gasteiger partial charge in [0.2, 0.25) is 5.91 Å². The molecule has 0 spiro atoms. The third-order valence-electron chi connectivity index (χ3n) is 3.73. The summed E-state index contributed by atoms with van der Waals surface area (Å²) < 4.78 is 4.89. The van der Waals surface area contributed by atoms with Crippen molar-refractivity contribution in [3.63, 3.8) is 0 Å². The van der Waals surface area contributed by atoms with Crippen molar-refractivity contribution in [2.24, 2.45) is 5.92 Å². The van der Waals surface area contributed by atoms with Crippen molar-refractivity contribution < 1.29 is 19.2 Å². The van der Waals surface area contributed by atoms with Gasteiger partial charge in [-0.15, -0.1) is 0 Å². The van der Waals surface area contributed by atoms with Crippen LogP contribution < -0.4 is 5.32 Å². The molecule has 0 radical (unpaired) electrons. The van der Waals surface area contributed by atoms with E-state index in [9.17, 15) is 19.7 Å². The van der Waals surface area contributed by atoms with E-state index in [-0.39, 0.29) is 35.4 Å². The summed E-state index contributed by atoms with van der Waals surface area (Å²) in [4.78, 5) is 34.7. The van der Waals surface area contributed by atoms with E-state index in [2.05, 4.69) is 5.32 Å². The van der Waals surface area contributed by atoms with E-state index in [1.165, 1.54) is 18.2 Å². The van der Waals surface area contributed by atoms with Crippen molar-refractivity contribution in [3.8, 4) is 0 Å². The lowest BCUT2D eigenvalue weighted by atomic mass is 9.98. The van der Waals surface area contributed by atoms with Crippen LogP contribution in [0.25, 0.3) is 0 Å². The Hall–Kier alpha value is -2.44. The molecule has 0 saturated carbocycles. The van der Waals surface area contributed by atoms with Gasteiger partial charge in [0, 0.05) is 12.0 Å². The summed E-state index contributed by atoms with van der Waals surface area (Å²) >= 11 is 0.